The smallest absolute Gasteiger partial charge is 0.409 e. The second-order valence-corrected chi connectivity index (χ2v) is 15.5. The van der Waals surface area contributed by atoms with Crippen molar-refractivity contribution in [3.8, 4) is 35.4 Å². The van der Waals surface area contributed by atoms with Crippen LogP contribution in [0.4, 0.5) is 15.0 Å². The molecule has 3 unspecified atom stereocenters. The molecule has 2 N–H and O–H groups in total. The van der Waals surface area contributed by atoms with Crippen LogP contribution in [-0.2, 0) is 9.47 Å². The number of aromatic nitrogens is 3. The summed E-state index contributed by atoms with van der Waals surface area (Å²) >= 11 is 0. The van der Waals surface area contributed by atoms with Gasteiger partial charge in [0.25, 0.3) is 0 Å². The standard InChI is InChI=1S/C41H44FN7O5/c1-4-25-6-5-7-26-14-30(50)15-32(34(25)26)36-35(42)37-33(17-43-36)38(48-19-27-8-9-28(20-48)44-27)46-39(45-37)54-23-41-12-10-29(49(41)18-24(2)16-41)22-53-40(51)47-13-11-31(21-47)52-3/h1,5-7,14-15,17,27-29,31,44,50H,2,8-13,16,18-23H2,3H3/t27-,28+,29?,31?,41?. The number of hydrogen-bond acceptors (Lipinski definition) is 11. The summed E-state index contributed by atoms with van der Waals surface area (Å²) in [6, 6.07) is 9.22. The summed E-state index contributed by atoms with van der Waals surface area (Å²) in [5.74, 6) is 2.60. The zero-order valence-corrected chi connectivity index (χ0v) is 30.4. The van der Waals surface area contributed by atoms with Crippen molar-refractivity contribution in [2.24, 2.45) is 0 Å². The van der Waals surface area contributed by atoms with Gasteiger partial charge >= 0.3 is 12.1 Å². The van der Waals surface area contributed by atoms with Gasteiger partial charge < -0.3 is 34.4 Å². The summed E-state index contributed by atoms with van der Waals surface area (Å²) in [5, 5.41) is 16.1. The second kappa shape index (κ2) is 13.7. The normalized spacial score (nSPS) is 26.5. The largest absolute Gasteiger partial charge is 0.508 e. The molecule has 13 heteroatoms. The molecule has 5 aliphatic rings. The average molecular weight is 734 g/mol. The number of phenols is 1. The number of piperazine rings is 1. The summed E-state index contributed by atoms with van der Waals surface area (Å²) < 4.78 is 34.8. The van der Waals surface area contributed by atoms with Gasteiger partial charge in [-0.3, -0.25) is 9.88 Å². The Morgan fingerprint density at radius 2 is 2.00 bits per heavy atom. The van der Waals surface area contributed by atoms with Gasteiger partial charge in [0.15, 0.2) is 5.82 Å². The van der Waals surface area contributed by atoms with Crippen LogP contribution in [0.5, 0.6) is 11.8 Å². The molecule has 5 fully saturated rings. The van der Waals surface area contributed by atoms with Crippen molar-refractivity contribution in [3.05, 3.63) is 60.1 Å². The molecule has 2 bridgehead atoms. The van der Waals surface area contributed by atoms with Gasteiger partial charge in [0.1, 0.15) is 36.0 Å². The van der Waals surface area contributed by atoms with E-state index in [4.69, 9.17) is 30.6 Å². The summed E-state index contributed by atoms with van der Waals surface area (Å²) in [5.41, 5.74) is 1.75. The van der Waals surface area contributed by atoms with E-state index in [1.807, 2.05) is 6.07 Å². The molecular weight excluding hydrogens is 689 g/mol. The van der Waals surface area contributed by atoms with Gasteiger partial charge in [-0.1, -0.05) is 30.2 Å². The Morgan fingerprint density at radius 3 is 2.78 bits per heavy atom. The number of halogens is 1. The van der Waals surface area contributed by atoms with Crippen LogP contribution in [0.1, 0.15) is 44.1 Å². The lowest BCUT2D eigenvalue weighted by Gasteiger charge is -2.35. The van der Waals surface area contributed by atoms with Crippen molar-refractivity contribution < 1.29 is 28.5 Å². The lowest BCUT2D eigenvalue weighted by atomic mass is 9.94. The number of rotatable bonds is 8. The van der Waals surface area contributed by atoms with E-state index in [2.05, 4.69) is 32.6 Å². The molecular formula is C41H44FN7O5. The van der Waals surface area contributed by atoms with Crippen molar-refractivity contribution >= 4 is 33.6 Å². The van der Waals surface area contributed by atoms with Gasteiger partial charge in [-0.05, 0) is 62.1 Å². The second-order valence-electron chi connectivity index (χ2n) is 15.5. The summed E-state index contributed by atoms with van der Waals surface area (Å²) in [7, 11) is 1.66. The van der Waals surface area contributed by atoms with Crippen LogP contribution >= 0.6 is 0 Å². The molecule has 5 aliphatic heterocycles. The quantitative estimate of drug-likeness (QED) is 0.188. The highest BCUT2D eigenvalue weighted by atomic mass is 19.1. The first-order chi connectivity index (χ1) is 26.2. The first kappa shape index (κ1) is 34.7. The van der Waals surface area contributed by atoms with Crippen molar-refractivity contribution in [1.82, 2.24) is 30.1 Å². The third-order valence-electron chi connectivity index (χ3n) is 12.1. The number of nitrogens with zero attached hydrogens (tertiary/aromatic N) is 6. The minimum atomic E-state index is -0.649. The number of carbonyl (C=O) groups excluding carboxylic acids is 1. The molecule has 7 heterocycles. The Labute approximate surface area is 313 Å². The fourth-order valence-corrected chi connectivity index (χ4v) is 9.50. The number of terminal acetylenes is 1. The van der Waals surface area contributed by atoms with E-state index in [9.17, 15) is 9.90 Å². The van der Waals surface area contributed by atoms with Gasteiger partial charge in [-0.15, -0.1) is 6.42 Å². The molecule has 54 heavy (non-hydrogen) atoms. The molecule has 0 spiro atoms. The maximum Gasteiger partial charge on any atom is 0.409 e. The van der Waals surface area contributed by atoms with E-state index in [0.717, 1.165) is 57.2 Å². The van der Waals surface area contributed by atoms with Crippen LogP contribution in [0.15, 0.2) is 48.7 Å². The van der Waals surface area contributed by atoms with Crippen LogP contribution in [0.2, 0.25) is 0 Å². The molecule has 2 aromatic carbocycles. The zero-order chi connectivity index (χ0) is 37.1. The van der Waals surface area contributed by atoms with E-state index >= 15 is 4.39 Å². The Morgan fingerprint density at radius 1 is 1.17 bits per heavy atom. The Kier molecular flexibility index (Phi) is 8.79. The van der Waals surface area contributed by atoms with E-state index in [1.54, 1.807) is 36.4 Å². The van der Waals surface area contributed by atoms with E-state index < -0.39 is 5.82 Å². The number of anilines is 1. The molecule has 12 nitrogen and oxygen atoms in total. The topological polar surface area (TPSA) is 125 Å². The molecule has 4 aromatic rings. The van der Waals surface area contributed by atoms with Crippen LogP contribution in [-0.4, -0.2) is 119 Å². The van der Waals surface area contributed by atoms with Gasteiger partial charge in [0.05, 0.1) is 23.6 Å². The molecule has 280 valence electrons. The Balaban J connectivity index is 1.04. The molecule has 9 rings (SSSR count). The van der Waals surface area contributed by atoms with E-state index in [0.29, 0.717) is 64.8 Å². The summed E-state index contributed by atoms with van der Waals surface area (Å²) in [6.45, 7) is 8.12. The number of methoxy groups -OCH3 is 1. The monoisotopic (exact) mass is 733 g/mol. The molecule has 5 saturated heterocycles. The number of phenolic OH excluding ortho intramolecular Hbond substituents is 1. The predicted molar refractivity (Wildman–Crippen MR) is 202 cm³/mol. The van der Waals surface area contributed by atoms with Gasteiger partial charge in [0, 0.05) is 74.1 Å². The fourth-order valence-electron chi connectivity index (χ4n) is 9.50. The number of amides is 1. The van der Waals surface area contributed by atoms with E-state index in [-0.39, 0.29) is 60.0 Å². The molecule has 0 saturated carbocycles. The summed E-state index contributed by atoms with van der Waals surface area (Å²) in [6.07, 6.45) is 12.5. The number of fused-ring (bicyclic) bond motifs is 5. The highest BCUT2D eigenvalue weighted by Gasteiger charge is 2.51. The minimum Gasteiger partial charge on any atom is -0.508 e. The van der Waals surface area contributed by atoms with Crippen molar-refractivity contribution in [2.75, 3.05) is 57.9 Å². The molecule has 0 aliphatic carbocycles. The summed E-state index contributed by atoms with van der Waals surface area (Å²) in [4.78, 5) is 33.4. The van der Waals surface area contributed by atoms with Crippen molar-refractivity contribution in [1.29, 1.82) is 0 Å². The SMILES string of the molecule is C#Cc1cccc2cc(O)cc(-c3ncc4c(N5C[C@H]6CC[C@@H](C5)N6)nc(OCC56CCC(COC(=O)N7CCC(OC)C7)N5CC(=C)C6)nc4c3F)c12. The maximum absolute atomic E-state index is 17.1. The first-order valence-electron chi connectivity index (χ1n) is 18.8. The number of benzene rings is 2. The Bertz CT molecular complexity index is 2200. The molecule has 0 radical (unpaired) electrons. The first-order valence-corrected chi connectivity index (χ1v) is 18.8. The number of carbonyl (C=O) groups is 1. The number of likely N-dealkylation sites (tertiary alicyclic amines) is 1. The number of aromatic hydroxyl groups is 1. The predicted octanol–water partition coefficient (Wildman–Crippen LogP) is 5.01. The van der Waals surface area contributed by atoms with Crippen LogP contribution in [0.3, 0.4) is 0 Å². The van der Waals surface area contributed by atoms with Crippen LogP contribution < -0.4 is 15.0 Å². The third-order valence-corrected chi connectivity index (χ3v) is 12.1. The van der Waals surface area contributed by atoms with Crippen molar-refractivity contribution in [2.45, 2.75) is 68.3 Å². The number of ether oxygens (including phenoxy) is 3. The van der Waals surface area contributed by atoms with Gasteiger partial charge in [0.2, 0.25) is 0 Å². The fraction of sp³-hybridized carbons (Fsp3) is 0.463. The maximum atomic E-state index is 17.1. The number of hydrogen-bond donors (Lipinski definition) is 2. The van der Waals surface area contributed by atoms with Gasteiger partial charge in [-0.2, -0.15) is 9.97 Å². The highest BCUT2D eigenvalue weighted by Crippen LogP contribution is 2.45. The average Bonchev–Trinajstić information content (AvgIpc) is 3.95. The lowest BCUT2D eigenvalue weighted by Crippen LogP contribution is -2.51. The van der Waals surface area contributed by atoms with Gasteiger partial charge in [-0.25, -0.2) is 9.18 Å². The minimum absolute atomic E-state index is 0.0122. The third kappa shape index (κ3) is 6.06. The lowest BCUT2D eigenvalue weighted by molar-refractivity contribution is 0.0438. The molecule has 1 amide bonds. The van der Waals surface area contributed by atoms with Crippen LogP contribution in [0.25, 0.3) is 32.9 Å². The molecule has 5 atom stereocenters. The Hall–Kier alpha value is -5.03. The van der Waals surface area contributed by atoms with Crippen molar-refractivity contribution in [3.63, 3.8) is 0 Å². The van der Waals surface area contributed by atoms with E-state index in [1.165, 1.54) is 6.07 Å². The molecule has 2 aromatic heterocycles. The number of nitrogens with one attached hydrogen (secondary N) is 1. The number of pyridine rings is 1. The zero-order valence-electron chi connectivity index (χ0n) is 30.4. The van der Waals surface area contributed by atoms with Crippen LogP contribution in [0, 0.1) is 18.2 Å². The highest BCUT2D eigenvalue weighted by molar-refractivity contribution is 6.02.